The molecular weight excluding hydrogens is 154 g/mol. The molecule has 0 aromatic carbocycles. The number of rotatable bonds is 4. The van der Waals surface area contributed by atoms with Gasteiger partial charge in [0.1, 0.15) is 0 Å². The summed E-state index contributed by atoms with van der Waals surface area (Å²) < 4.78 is 8.01. The second kappa shape index (κ2) is 5.36. The highest BCUT2D eigenvalue weighted by Crippen LogP contribution is 1.79. The average molecular weight is 161 g/mol. The Balaban J connectivity index is 3.51. The molecule has 62 valence electrons. The van der Waals surface area contributed by atoms with Crippen LogP contribution in [0, 0.1) is 0 Å². The molecule has 0 saturated carbocycles. The van der Waals surface area contributed by atoms with Crippen LogP contribution in [0.15, 0.2) is 0 Å². The highest BCUT2D eigenvalue weighted by Gasteiger charge is 2.07. The van der Waals surface area contributed by atoms with Crippen molar-refractivity contribution in [2.45, 2.75) is 0 Å². The van der Waals surface area contributed by atoms with E-state index in [0.29, 0.717) is 0 Å². The lowest BCUT2D eigenvalue weighted by atomic mass is 10.6. The first kappa shape index (κ1) is 9.57. The molecular formula is C5H7NO5. The van der Waals surface area contributed by atoms with Crippen molar-refractivity contribution in [2.24, 2.45) is 5.73 Å². The quantitative estimate of drug-likeness (QED) is 0.296. The van der Waals surface area contributed by atoms with Gasteiger partial charge in [0.05, 0.1) is 6.54 Å². The van der Waals surface area contributed by atoms with Crippen LogP contribution in [0.1, 0.15) is 0 Å². The molecule has 0 spiro atoms. The third-order valence-electron chi connectivity index (χ3n) is 0.664. The van der Waals surface area contributed by atoms with Gasteiger partial charge in [-0.3, -0.25) is 9.59 Å². The summed E-state index contributed by atoms with van der Waals surface area (Å²) in [5, 5.41) is 0. The predicted molar refractivity (Wildman–Crippen MR) is 32.2 cm³/mol. The SMILES string of the molecule is NCC(=O)OC(=O)COC=O. The van der Waals surface area contributed by atoms with Crippen LogP contribution < -0.4 is 5.73 Å². The zero-order valence-electron chi connectivity index (χ0n) is 5.61. The summed E-state index contributed by atoms with van der Waals surface area (Å²) in [6.45, 7) is -0.879. The Morgan fingerprint density at radius 1 is 1.36 bits per heavy atom. The van der Waals surface area contributed by atoms with E-state index >= 15 is 0 Å². The summed E-state index contributed by atoms with van der Waals surface area (Å²) in [5.41, 5.74) is 4.81. The van der Waals surface area contributed by atoms with E-state index in [1.54, 1.807) is 0 Å². The minimum absolute atomic E-state index is 0.0776. The maximum Gasteiger partial charge on any atom is 0.351 e. The molecule has 0 fully saturated rings. The molecule has 0 unspecified atom stereocenters. The number of carbonyl (C=O) groups excluding carboxylic acids is 3. The van der Waals surface area contributed by atoms with Crippen molar-refractivity contribution in [3.63, 3.8) is 0 Å². The number of hydrogen-bond donors (Lipinski definition) is 1. The first-order valence-electron chi connectivity index (χ1n) is 2.69. The number of esters is 2. The number of carbonyl (C=O) groups is 3. The monoisotopic (exact) mass is 161 g/mol. The summed E-state index contributed by atoms with van der Waals surface area (Å²) in [6.07, 6.45) is 0. The Morgan fingerprint density at radius 2 is 2.00 bits per heavy atom. The molecule has 0 atom stereocenters. The zero-order chi connectivity index (χ0) is 8.69. The lowest BCUT2D eigenvalue weighted by molar-refractivity contribution is -0.163. The summed E-state index contributed by atoms with van der Waals surface area (Å²) >= 11 is 0. The Bertz CT molecular complexity index is 166. The van der Waals surface area contributed by atoms with E-state index in [-0.39, 0.29) is 13.0 Å². The van der Waals surface area contributed by atoms with Gasteiger partial charge in [0.2, 0.25) is 0 Å². The highest BCUT2D eigenvalue weighted by molar-refractivity contribution is 5.87. The minimum Gasteiger partial charge on any atom is -0.456 e. The molecule has 0 amide bonds. The molecule has 6 nitrogen and oxygen atoms in total. The molecule has 0 aliphatic rings. The van der Waals surface area contributed by atoms with E-state index in [4.69, 9.17) is 5.73 Å². The number of nitrogens with two attached hydrogens (primary N) is 1. The minimum atomic E-state index is -0.937. The summed E-state index contributed by atoms with van der Waals surface area (Å²) in [6, 6.07) is 0. The molecule has 0 aromatic rings. The Kier molecular flexibility index (Phi) is 4.67. The van der Waals surface area contributed by atoms with Crippen molar-refractivity contribution in [1.29, 1.82) is 0 Å². The van der Waals surface area contributed by atoms with Crippen molar-refractivity contribution >= 4 is 18.4 Å². The van der Waals surface area contributed by atoms with E-state index in [0.717, 1.165) is 0 Å². The standard InChI is InChI=1S/C5H7NO5/c6-1-4(8)11-5(9)2-10-3-7/h3H,1-2,6H2. The van der Waals surface area contributed by atoms with Gasteiger partial charge in [-0.25, -0.2) is 4.79 Å². The highest BCUT2D eigenvalue weighted by atomic mass is 16.6. The molecule has 0 radical (unpaired) electrons. The Labute approximate surface area is 62.3 Å². The van der Waals surface area contributed by atoms with Crippen LogP contribution in [0.4, 0.5) is 0 Å². The summed E-state index contributed by atoms with van der Waals surface area (Å²) in [4.78, 5) is 30.2. The van der Waals surface area contributed by atoms with Gasteiger partial charge in [-0.2, -0.15) is 0 Å². The van der Waals surface area contributed by atoms with E-state index in [9.17, 15) is 14.4 Å². The van der Waals surface area contributed by atoms with Gasteiger partial charge in [-0.15, -0.1) is 0 Å². The van der Waals surface area contributed by atoms with Crippen molar-refractivity contribution in [3.8, 4) is 0 Å². The fraction of sp³-hybridized carbons (Fsp3) is 0.400. The van der Waals surface area contributed by atoms with Gasteiger partial charge in [-0.1, -0.05) is 0 Å². The third-order valence-corrected chi connectivity index (χ3v) is 0.664. The molecule has 11 heavy (non-hydrogen) atoms. The second-order valence-corrected chi connectivity index (χ2v) is 1.46. The van der Waals surface area contributed by atoms with Crippen molar-refractivity contribution in [3.05, 3.63) is 0 Å². The van der Waals surface area contributed by atoms with E-state index in [1.165, 1.54) is 0 Å². The molecule has 0 rings (SSSR count). The third kappa shape index (κ3) is 5.04. The van der Waals surface area contributed by atoms with Gasteiger partial charge in [0.25, 0.3) is 6.47 Å². The first-order chi connectivity index (χ1) is 5.20. The lowest BCUT2D eigenvalue weighted by Gasteiger charge is -1.98. The summed E-state index contributed by atoms with van der Waals surface area (Å²) in [5.74, 6) is -1.79. The molecule has 0 heterocycles. The number of hydrogen-bond acceptors (Lipinski definition) is 6. The smallest absolute Gasteiger partial charge is 0.351 e. The molecule has 0 aromatic heterocycles. The Morgan fingerprint density at radius 3 is 2.45 bits per heavy atom. The van der Waals surface area contributed by atoms with Crippen molar-refractivity contribution < 1.29 is 23.9 Å². The molecule has 0 aliphatic carbocycles. The number of ether oxygens (including phenoxy) is 2. The summed E-state index contributed by atoms with van der Waals surface area (Å²) in [7, 11) is 0. The van der Waals surface area contributed by atoms with Crippen LogP contribution in [0.3, 0.4) is 0 Å². The molecule has 0 aliphatic heterocycles. The maximum atomic E-state index is 10.4. The average Bonchev–Trinajstić information content (AvgIpc) is 2.00. The molecule has 2 N–H and O–H groups in total. The first-order valence-corrected chi connectivity index (χ1v) is 2.69. The molecule has 6 heteroatoms. The topological polar surface area (TPSA) is 95.7 Å². The van der Waals surface area contributed by atoms with Gasteiger partial charge >= 0.3 is 11.9 Å². The molecule has 0 bridgehead atoms. The van der Waals surface area contributed by atoms with Crippen LogP contribution in [0.25, 0.3) is 0 Å². The fourth-order valence-electron chi connectivity index (χ4n) is 0.300. The van der Waals surface area contributed by atoms with Crippen molar-refractivity contribution in [1.82, 2.24) is 0 Å². The van der Waals surface area contributed by atoms with Crippen LogP contribution in [0.5, 0.6) is 0 Å². The Hall–Kier alpha value is -1.43. The van der Waals surface area contributed by atoms with E-state index in [2.05, 4.69) is 9.47 Å². The normalized spacial score (nSPS) is 8.45. The largest absolute Gasteiger partial charge is 0.456 e. The lowest BCUT2D eigenvalue weighted by Crippen LogP contribution is -2.23. The fourth-order valence-corrected chi connectivity index (χ4v) is 0.300. The maximum absolute atomic E-state index is 10.4. The van der Waals surface area contributed by atoms with Crippen LogP contribution in [-0.4, -0.2) is 31.6 Å². The van der Waals surface area contributed by atoms with Gasteiger partial charge in [0, 0.05) is 0 Å². The van der Waals surface area contributed by atoms with Gasteiger partial charge in [0.15, 0.2) is 6.61 Å². The van der Waals surface area contributed by atoms with Gasteiger partial charge < -0.3 is 15.2 Å². The van der Waals surface area contributed by atoms with Crippen LogP contribution >= 0.6 is 0 Å². The van der Waals surface area contributed by atoms with E-state index < -0.39 is 18.5 Å². The second-order valence-electron chi connectivity index (χ2n) is 1.46. The van der Waals surface area contributed by atoms with Crippen LogP contribution in [-0.2, 0) is 23.9 Å². The predicted octanol–water partition coefficient (Wildman–Crippen LogP) is -1.81. The van der Waals surface area contributed by atoms with Crippen molar-refractivity contribution in [2.75, 3.05) is 13.2 Å². The van der Waals surface area contributed by atoms with Crippen LogP contribution in [0.2, 0.25) is 0 Å². The van der Waals surface area contributed by atoms with E-state index in [1.807, 2.05) is 0 Å². The molecule has 0 saturated heterocycles. The zero-order valence-corrected chi connectivity index (χ0v) is 5.61. The van der Waals surface area contributed by atoms with Gasteiger partial charge in [-0.05, 0) is 0 Å².